The lowest BCUT2D eigenvalue weighted by Gasteiger charge is -2.16. The summed E-state index contributed by atoms with van der Waals surface area (Å²) in [6.07, 6.45) is 1.75. The summed E-state index contributed by atoms with van der Waals surface area (Å²) in [7, 11) is 1.28. The lowest BCUT2D eigenvalue weighted by atomic mass is 10.1. The van der Waals surface area contributed by atoms with Gasteiger partial charge in [-0.25, -0.2) is 4.79 Å². The number of rotatable bonds is 7. The van der Waals surface area contributed by atoms with Crippen molar-refractivity contribution in [3.8, 4) is 5.75 Å². The van der Waals surface area contributed by atoms with Crippen LogP contribution in [-0.4, -0.2) is 42.9 Å². The van der Waals surface area contributed by atoms with E-state index >= 15 is 0 Å². The monoisotopic (exact) mass is 340 g/mol. The van der Waals surface area contributed by atoms with E-state index in [4.69, 9.17) is 4.74 Å². The summed E-state index contributed by atoms with van der Waals surface area (Å²) in [6.45, 7) is -0.156. The molecule has 0 aliphatic heterocycles. The highest BCUT2D eigenvalue weighted by Gasteiger charge is 2.21. The van der Waals surface area contributed by atoms with Crippen molar-refractivity contribution in [2.24, 2.45) is 4.99 Å². The molecule has 0 aliphatic carbocycles. The zero-order valence-electron chi connectivity index (χ0n) is 13.9. The Labute approximate surface area is 146 Å². The molecule has 0 bridgehead atoms. The molecule has 6 nitrogen and oxygen atoms in total. The smallest absolute Gasteiger partial charge is 0.328 e. The molecular weight excluding hydrogens is 320 g/mol. The van der Waals surface area contributed by atoms with E-state index in [0.29, 0.717) is 12.0 Å². The summed E-state index contributed by atoms with van der Waals surface area (Å²) in [4.78, 5) is 27.9. The molecule has 1 unspecified atom stereocenters. The number of carbonyl (C=O) groups excluding carboxylic acids is 2. The number of phenols is 1. The number of aromatic hydroxyl groups is 1. The molecule has 2 N–H and O–H groups in total. The molecule has 0 aliphatic rings. The van der Waals surface area contributed by atoms with Crippen LogP contribution < -0.4 is 5.32 Å². The Balaban J connectivity index is 1.95. The van der Waals surface area contributed by atoms with Gasteiger partial charge in [0.2, 0.25) is 5.91 Å². The molecule has 25 heavy (non-hydrogen) atoms. The number of nitrogens with one attached hydrogen (secondary N) is 1. The molecule has 0 radical (unpaired) electrons. The third-order valence-electron chi connectivity index (χ3n) is 3.51. The van der Waals surface area contributed by atoms with E-state index in [1.807, 2.05) is 30.3 Å². The van der Waals surface area contributed by atoms with Crippen LogP contribution in [0.15, 0.2) is 59.6 Å². The highest BCUT2D eigenvalue weighted by molar-refractivity contribution is 5.88. The van der Waals surface area contributed by atoms with E-state index in [1.54, 1.807) is 18.2 Å². The summed E-state index contributed by atoms with van der Waals surface area (Å²) in [5.74, 6) is -0.830. The number of benzene rings is 2. The summed E-state index contributed by atoms with van der Waals surface area (Å²) in [5, 5.41) is 12.3. The second-order valence-corrected chi connectivity index (χ2v) is 5.36. The van der Waals surface area contributed by atoms with Crippen molar-refractivity contribution in [1.82, 2.24) is 5.32 Å². The number of esters is 1. The van der Waals surface area contributed by atoms with Gasteiger partial charge in [0.1, 0.15) is 18.3 Å². The van der Waals surface area contributed by atoms with Gasteiger partial charge in [0.25, 0.3) is 0 Å². The van der Waals surface area contributed by atoms with Crippen LogP contribution in [0.5, 0.6) is 5.75 Å². The minimum absolute atomic E-state index is 0.0863. The Morgan fingerprint density at radius 3 is 2.52 bits per heavy atom. The molecule has 2 aromatic rings. The van der Waals surface area contributed by atoms with Gasteiger partial charge in [-0.1, -0.05) is 42.5 Å². The number of carbonyl (C=O) groups is 2. The first-order valence-corrected chi connectivity index (χ1v) is 7.79. The molecule has 0 saturated heterocycles. The minimum atomic E-state index is -0.778. The second kappa shape index (κ2) is 9.22. The van der Waals surface area contributed by atoms with E-state index in [1.165, 1.54) is 19.4 Å². The van der Waals surface area contributed by atoms with Crippen molar-refractivity contribution in [1.29, 1.82) is 0 Å². The van der Waals surface area contributed by atoms with Crippen molar-refractivity contribution in [3.05, 3.63) is 65.7 Å². The number of hydrogen-bond acceptors (Lipinski definition) is 5. The van der Waals surface area contributed by atoms with Crippen molar-refractivity contribution >= 4 is 18.1 Å². The van der Waals surface area contributed by atoms with E-state index in [0.717, 1.165) is 5.56 Å². The van der Waals surface area contributed by atoms with Crippen molar-refractivity contribution in [2.45, 2.75) is 12.5 Å². The number of hydrogen-bond donors (Lipinski definition) is 2. The Kier molecular flexibility index (Phi) is 6.71. The summed E-state index contributed by atoms with van der Waals surface area (Å²) < 4.78 is 4.75. The number of methoxy groups -OCH3 is 1. The summed E-state index contributed by atoms with van der Waals surface area (Å²) >= 11 is 0. The maximum absolute atomic E-state index is 12.0. The fourth-order valence-electron chi connectivity index (χ4n) is 2.25. The Hall–Kier alpha value is -3.15. The number of amides is 1. The summed E-state index contributed by atoms with van der Waals surface area (Å²) in [5.41, 5.74) is 1.43. The molecule has 2 aromatic carbocycles. The van der Waals surface area contributed by atoms with Crippen LogP contribution >= 0.6 is 0 Å². The Morgan fingerprint density at radius 1 is 1.16 bits per heavy atom. The van der Waals surface area contributed by atoms with Crippen molar-refractivity contribution in [2.75, 3.05) is 13.7 Å². The van der Waals surface area contributed by atoms with Crippen LogP contribution in [0.3, 0.4) is 0 Å². The number of phenolic OH excluding ortho intramolecular Hbond substituents is 1. The lowest BCUT2D eigenvalue weighted by molar-refractivity contribution is -0.144. The average Bonchev–Trinajstić information content (AvgIpc) is 2.63. The zero-order chi connectivity index (χ0) is 18.1. The number of para-hydroxylation sites is 1. The Morgan fingerprint density at radius 2 is 1.84 bits per heavy atom. The van der Waals surface area contributed by atoms with E-state index in [-0.39, 0.29) is 12.3 Å². The average molecular weight is 340 g/mol. The SMILES string of the molecule is COC(=O)C(Cc1ccccc1)NC(=O)CN=Cc1ccccc1O. The van der Waals surface area contributed by atoms with Crippen molar-refractivity contribution in [3.63, 3.8) is 0 Å². The number of aliphatic imine (C=N–C) groups is 1. The van der Waals surface area contributed by atoms with Gasteiger partial charge in [0, 0.05) is 18.2 Å². The van der Waals surface area contributed by atoms with Crippen LogP contribution in [0, 0.1) is 0 Å². The number of ether oxygens (including phenoxy) is 1. The highest BCUT2D eigenvalue weighted by atomic mass is 16.5. The first kappa shape index (κ1) is 18.2. The van der Waals surface area contributed by atoms with Crippen LogP contribution in [0.1, 0.15) is 11.1 Å². The number of nitrogens with zero attached hydrogens (tertiary/aromatic N) is 1. The standard InChI is InChI=1S/C19H20N2O4/c1-25-19(24)16(11-14-7-3-2-4-8-14)21-18(23)13-20-12-15-9-5-6-10-17(15)22/h2-10,12,16,22H,11,13H2,1H3,(H,21,23). The van der Waals surface area contributed by atoms with Crippen molar-refractivity contribution < 1.29 is 19.4 Å². The highest BCUT2D eigenvalue weighted by Crippen LogP contribution is 2.12. The summed E-state index contributed by atoms with van der Waals surface area (Å²) in [6, 6.07) is 15.3. The lowest BCUT2D eigenvalue weighted by Crippen LogP contribution is -2.44. The minimum Gasteiger partial charge on any atom is -0.507 e. The maximum atomic E-state index is 12.0. The van der Waals surface area contributed by atoms with Gasteiger partial charge < -0.3 is 15.2 Å². The zero-order valence-corrected chi connectivity index (χ0v) is 13.9. The first-order valence-electron chi connectivity index (χ1n) is 7.79. The molecule has 0 spiro atoms. The van der Waals surface area contributed by atoms with E-state index < -0.39 is 17.9 Å². The van der Waals surface area contributed by atoms with Crippen LogP contribution in [0.25, 0.3) is 0 Å². The van der Waals surface area contributed by atoms with Gasteiger partial charge in [-0.2, -0.15) is 0 Å². The van der Waals surface area contributed by atoms with Gasteiger partial charge in [-0.05, 0) is 17.7 Å². The van der Waals surface area contributed by atoms with Crippen LogP contribution in [0.4, 0.5) is 0 Å². The maximum Gasteiger partial charge on any atom is 0.328 e. The molecule has 2 rings (SSSR count). The van der Waals surface area contributed by atoms with Crippen LogP contribution in [-0.2, 0) is 20.7 Å². The predicted molar refractivity (Wildman–Crippen MR) is 94.7 cm³/mol. The third kappa shape index (κ3) is 5.76. The quantitative estimate of drug-likeness (QED) is 0.593. The molecule has 6 heteroatoms. The van der Waals surface area contributed by atoms with Gasteiger partial charge in [0.05, 0.1) is 7.11 Å². The molecule has 1 amide bonds. The molecule has 0 heterocycles. The fraction of sp³-hybridized carbons (Fsp3) is 0.211. The molecular formula is C19H20N2O4. The molecule has 130 valence electrons. The predicted octanol–water partition coefficient (Wildman–Crippen LogP) is 1.71. The first-order chi connectivity index (χ1) is 12.1. The largest absolute Gasteiger partial charge is 0.507 e. The van der Waals surface area contributed by atoms with Crippen LogP contribution in [0.2, 0.25) is 0 Å². The Bertz CT molecular complexity index is 744. The fourth-order valence-corrected chi connectivity index (χ4v) is 2.25. The van der Waals surface area contributed by atoms with Gasteiger partial charge >= 0.3 is 5.97 Å². The third-order valence-corrected chi connectivity index (χ3v) is 3.51. The molecule has 1 atom stereocenters. The molecule has 0 aromatic heterocycles. The van der Waals surface area contributed by atoms with E-state index in [9.17, 15) is 14.7 Å². The molecule has 0 fully saturated rings. The van der Waals surface area contributed by atoms with Gasteiger partial charge in [0.15, 0.2) is 0 Å². The second-order valence-electron chi connectivity index (χ2n) is 5.36. The molecule has 0 saturated carbocycles. The van der Waals surface area contributed by atoms with E-state index in [2.05, 4.69) is 10.3 Å². The van der Waals surface area contributed by atoms with Gasteiger partial charge in [-0.15, -0.1) is 0 Å². The topological polar surface area (TPSA) is 88.0 Å². The van der Waals surface area contributed by atoms with Gasteiger partial charge in [-0.3, -0.25) is 9.79 Å². The normalized spacial score (nSPS) is 11.9.